The second kappa shape index (κ2) is 5.64. The molecule has 2 aromatic rings. The Morgan fingerprint density at radius 2 is 2.25 bits per heavy atom. The first-order valence-corrected chi connectivity index (χ1v) is 6.18. The molecular formula is C12H16N6O2. The molecule has 106 valence electrons. The zero-order valence-corrected chi connectivity index (χ0v) is 11.6. The molecule has 20 heavy (non-hydrogen) atoms. The number of aromatic nitrogens is 4. The number of nitrogens with one attached hydrogen (secondary N) is 1. The van der Waals surface area contributed by atoms with Crippen LogP contribution < -0.4 is 4.90 Å². The van der Waals surface area contributed by atoms with E-state index in [1.165, 1.54) is 6.07 Å². The number of aryl methyl sites for hydroxylation is 1. The van der Waals surface area contributed by atoms with E-state index in [9.17, 15) is 10.1 Å². The largest absolute Gasteiger partial charge is 0.368 e. The average Bonchev–Trinajstić information content (AvgIpc) is 2.92. The third-order valence-electron chi connectivity index (χ3n) is 3.09. The topological polar surface area (TPSA) is 101 Å². The maximum atomic E-state index is 11.1. The Morgan fingerprint density at radius 3 is 2.85 bits per heavy atom. The van der Waals surface area contributed by atoms with Crippen molar-refractivity contribution in [1.82, 2.24) is 20.6 Å². The standard InChI is InChI=1S/C12H16N6O2/c1-8-4-5-10(18(19)20)11(6-8)17(3)7-9(2)12-13-15-16-14-12/h4-6,9H,7H2,1-3H3,(H,13,14,15,16)/t9-/m0/s1. The Bertz CT molecular complexity index is 598. The zero-order chi connectivity index (χ0) is 14.7. The molecule has 1 aromatic heterocycles. The number of rotatable bonds is 5. The molecule has 0 aliphatic rings. The Labute approximate surface area is 115 Å². The third-order valence-corrected chi connectivity index (χ3v) is 3.09. The van der Waals surface area contributed by atoms with Crippen molar-refractivity contribution in [2.75, 3.05) is 18.5 Å². The molecule has 0 fully saturated rings. The van der Waals surface area contributed by atoms with E-state index in [0.29, 0.717) is 18.1 Å². The van der Waals surface area contributed by atoms with Crippen molar-refractivity contribution in [3.63, 3.8) is 0 Å². The molecule has 0 bridgehead atoms. The van der Waals surface area contributed by atoms with E-state index >= 15 is 0 Å². The lowest BCUT2D eigenvalue weighted by molar-refractivity contribution is -0.384. The molecule has 8 heteroatoms. The van der Waals surface area contributed by atoms with E-state index in [1.807, 2.05) is 25.8 Å². The number of nitrogens with zero attached hydrogens (tertiary/aromatic N) is 5. The summed E-state index contributed by atoms with van der Waals surface area (Å²) in [6.07, 6.45) is 0. The number of H-pyrrole nitrogens is 1. The van der Waals surface area contributed by atoms with Crippen LogP contribution in [0.25, 0.3) is 0 Å². The highest BCUT2D eigenvalue weighted by Gasteiger charge is 2.20. The minimum absolute atomic E-state index is 0.0128. The van der Waals surface area contributed by atoms with Crippen LogP contribution in [0, 0.1) is 17.0 Å². The second-order valence-corrected chi connectivity index (χ2v) is 4.80. The molecule has 0 saturated heterocycles. The predicted molar refractivity (Wildman–Crippen MR) is 73.7 cm³/mol. The van der Waals surface area contributed by atoms with Gasteiger partial charge < -0.3 is 4.90 Å². The van der Waals surface area contributed by atoms with Crippen LogP contribution in [0.2, 0.25) is 0 Å². The molecule has 1 atom stereocenters. The number of hydrogen-bond acceptors (Lipinski definition) is 6. The van der Waals surface area contributed by atoms with Crippen LogP contribution in [0.4, 0.5) is 11.4 Å². The van der Waals surface area contributed by atoms with Crippen molar-refractivity contribution >= 4 is 11.4 Å². The van der Waals surface area contributed by atoms with Crippen LogP contribution in [-0.4, -0.2) is 39.1 Å². The summed E-state index contributed by atoms with van der Waals surface area (Å²) in [7, 11) is 1.82. The molecule has 0 aliphatic heterocycles. The second-order valence-electron chi connectivity index (χ2n) is 4.80. The van der Waals surface area contributed by atoms with Crippen molar-refractivity contribution in [1.29, 1.82) is 0 Å². The Kier molecular flexibility index (Phi) is 3.92. The first-order chi connectivity index (χ1) is 9.49. The highest BCUT2D eigenvalue weighted by molar-refractivity contribution is 5.64. The van der Waals surface area contributed by atoms with Gasteiger partial charge in [-0.15, -0.1) is 10.2 Å². The van der Waals surface area contributed by atoms with Crippen LogP contribution in [-0.2, 0) is 0 Å². The average molecular weight is 276 g/mol. The molecule has 1 heterocycles. The number of aromatic amines is 1. The highest BCUT2D eigenvalue weighted by Crippen LogP contribution is 2.29. The van der Waals surface area contributed by atoms with Gasteiger partial charge >= 0.3 is 0 Å². The number of hydrogen-bond donors (Lipinski definition) is 1. The van der Waals surface area contributed by atoms with Crippen molar-refractivity contribution < 1.29 is 4.92 Å². The fourth-order valence-electron chi connectivity index (χ4n) is 2.06. The number of nitro groups is 1. The predicted octanol–water partition coefficient (Wildman–Crippen LogP) is 1.66. The molecule has 1 N–H and O–H groups in total. The Hall–Kier alpha value is -2.51. The lowest BCUT2D eigenvalue weighted by Crippen LogP contribution is -2.24. The number of benzene rings is 1. The van der Waals surface area contributed by atoms with Crippen LogP contribution >= 0.6 is 0 Å². The number of nitro benzene ring substituents is 1. The van der Waals surface area contributed by atoms with E-state index in [0.717, 1.165) is 5.56 Å². The van der Waals surface area contributed by atoms with Gasteiger partial charge in [0.15, 0.2) is 5.82 Å². The van der Waals surface area contributed by atoms with E-state index in [2.05, 4.69) is 20.6 Å². The Balaban J connectivity index is 2.22. The first kappa shape index (κ1) is 13.9. The van der Waals surface area contributed by atoms with Crippen molar-refractivity contribution in [2.24, 2.45) is 0 Å². The summed E-state index contributed by atoms with van der Waals surface area (Å²) in [6, 6.07) is 5.07. The van der Waals surface area contributed by atoms with Gasteiger partial charge in [-0.1, -0.05) is 18.2 Å². The molecule has 1 aromatic carbocycles. The SMILES string of the molecule is Cc1ccc([N+](=O)[O-])c(N(C)C[C@H](C)c2nn[nH]n2)c1. The van der Waals surface area contributed by atoms with Crippen LogP contribution in [0.1, 0.15) is 24.2 Å². The van der Waals surface area contributed by atoms with Gasteiger partial charge in [0.1, 0.15) is 5.69 Å². The summed E-state index contributed by atoms with van der Waals surface area (Å²) in [6.45, 7) is 4.41. The molecule has 2 rings (SSSR count). The van der Waals surface area contributed by atoms with Crippen LogP contribution in [0.15, 0.2) is 18.2 Å². The number of tetrazole rings is 1. The lowest BCUT2D eigenvalue weighted by Gasteiger charge is -2.22. The molecular weight excluding hydrogens is 260 g/mol. The minimum Gasteiger partial charge on any atom is -0.368 e. The summed E-state index contributed by atoms with van der Waals surface area (Å²) < 4.78 is 0. The van der Waals surface area contributed by atoms with E-state index < -0.39 is 0 Å². The highest BCUT2D eigenvalue weighted by atomic mass is 16.6. The minimum atomic E-state index is -0.371. The molecule has 0 aliphatic carbocycles. The van der Waals surface area contributed by atoms with Crippen molar-refractivity contribution in [3.8, 4) is 0 Å². The third kappa shape index (κ3) is 2.90. The summed E-state index contributed by atoms with van der Waals surface area (Å²) in [5.41, 5.74) is 1.66. The van der Waals surface area contributed by atoms with Gasteiger partial charge in [-0.05, 0) is 18.6 Å². The van der Waals surface area contributed by atoms with E-state index in [-0.39, 0.29) is 16.5 Å². The van der Waals surface area contributed by atoms with Gasteiger partial charge in [0.05, 0.1) is 4.92 Å². The molecule has 0 spiro atoms. The van der Waals surface area contributed by atoms with Crippen LogP contribution in [0.3, 0.4) is 0 Å². The fraction of sp³-hybridized carbons (Fsp3) is 0.417. The lowest BCUT2D eigenvalue weighted by atomic mass is 10.1. The smallest absolute Gasteiger partial charge is 0.292 e. The molecule has 0 amide bonds. The van der Waals surface area contributed by atoms with Crippen LogP contribution in [0.5, 0.6) is 0 Å². The zero-order valence-electron chi connectivity index (χ0n) is 11.6. The summed E-state index contributed by atoms with van der Waals surface area (Å²) in [4.78, 5) is 12.6. The molecule has 8 nitrogen and oxygen atoms in total. The van der Waals surface area contributed by atoms with Crippen molar-refractivity contribution in [3.05, 3.63) is 39.7 Å². The van der Waals surface area contributed by atoms with Gasteiger partial charge in [-0.2, -0.15) is 5.21 Å². The summed E-state index contributed by atoms with van der Waals surface area (Å²) in [5.74, 6) is 0.603. The van der Waals surface area contributed by atoms with Gasteiger partial charge in [0, 0.05) is 25.6 Å². The summed E-state index contributed by atoms with van der Waals surface area (Å²) >= 11 is 0. The number of likely N-dealkylation sites (N-methyl/N-ethyl adjacent to an activating group) is 1. The quantitative estimate of drug-likeness (QED) is 0.658. The monoisotopic (exact) mass is 276 g/mol. The molecule has 0 saturated carbocycles. The van der Waals surface area contributed by atoms with Gasteiger partial charge in [-0.3, -0.25) is 10.1 Å². The van der Waals surface area contributed by atoms with Crippen molar-refractivity contribution in [2.45, 2.75) is 19.8 Å². The first-order valence-electron chi connectivity index (χ1n) is 6.18. The maximum absolute atomic E-state index is 11.1. The Morgan fingerprint density at radius 1 is 1.50 bits per heavy atom. The molecule has 0 unspecified atom stereocenters. The normalized spacial score (nSPS) is 12.2. The van der Waals surface area contributed by atoms with E-state index in [4.69, 9.17) is 0 Å². The number of anilines is 1. The fourth-order valence-corrected chi connectivity index (χ4v) is 2.06. The van der Waals surface area contributed by atoms with Gasteiger partial charge in [0.2, 0.25) is 0 Å². The van der Waals surface area contributed by atoms with Gasteiger partial charge in [0.25, 0.3) is 5.69 Å². The van der Waals surface area contributed by atoms with Gasteiger partial charge in [-0.25, -0.2) is 0 Å². The molecule has 0 radical (unpaired) electrons. The maximum Gasteiger partial charge on any atom is 0.292 e. The summed E-state index contributed by atoms with van der Waals surface area (Å²) in [5, 5.41) is 24.9. The van der Waals surface area contributed by atoms with E-state index in [1.54, 1.807) is 12.1 Å².